The maximum absolute atomic E-state index is 12.7. The molecule has 146 valence electrons. The van der Waals surface area contributed by atoms with Crippen molar-refractivity contribution >= 4 is 70.2 Å². The molecule has 0 radical (unpaired) electrons. The number of aliphatic carboxylic acids is 1. The molecule has 1 atom stereocenters. The Kier molecular flexibility index (Phi) is 6.02. The van der Waals surface area contributed by atoms with Crippen LogP contribution in [0.5, 0.6) is 0 Å². The topological polar surface area (TPSA) is 101 Å². The van der Waals surface area contributed by atoms with Gasteiger partial charge in [0.05, 0.1) is 37.6 Å². The Labute approximate surface area is 174 Å². The summed E-state index contributed by atoms with van der Waals surface area (Å²) in [6.45, 7) is 4.77. The molecule has 1 aromatic rings. The number of benzene rings is 1. The molecule has 1 aromatic carbocycles. The SMILES string of the molecule is CC(C)(C)OC(=O)C[C@@H](C(=O)O)N1C(=O)c2c(Cl)c(Cl)c(Cl)c(Cl)c2C1=O. The summed E-state index contributed by atoms with van der Waals surface area (Å²) in [4.78, 5) is 49.5. The van der Waals surface area contributed by atoms with E-state index in [1.54, 1.807) is 20.8 Å². The molecule has 0 unspecified atom stereocenters. The van der Waals surface area contributed by atoms with E-state index >= 15 is 0 Å². The van der Waals surface area contributed by atoms with E-state index in [-0.39, 0.29) is 31.2 Å². The summed E-state index contributed by atoms with van der Waals surface area (Å²) in [6.07, 6.45) is -0.755. The van der Waals surface area contributed by atoms with E-state index in [4.69, 9.17) is 51.1 Å². The van der Waals surface area contributed by atoms with E-state index in [1.807, 2.05) is 0 Å². The monoisotopic (exact) mass is 455 g/mol. The standard InChI is InChI=1S/C16H13Cl4NO6/c1-16(2,3)27-6(22)4-5(15(25)26)21-13(23)7-8(14(21)24)10(18)12(20)11(19)9(7)17/h5H,4H2,1-3H3,(H,25,26)/t5-/m0/s1. The third kappa shape index (κ3) is 4.01. The third-order valence-electron chi connectivity index (χ3n) is 3.51. The second kappa shape index (κ2) is 7.47. The highest BCUT2D eigenvalue weighted by Crippen LogP contribution is 2.45. The zero-order valence-corrected chi connectivity index (χ0v) is 17.3. The fourth-order valence-electron chi connectivity index (χ4n) is 2.48. The number of carboxylic acids is 1. The van der Waals surface area contributed by atoms with Gasteiger partial charge in [0.15, 0.2) is 0 Å². The van der Waals surface area contributed by atoms with Crippen molar-refractivity contribution < 1.29 is 29.0 Å². The minimum absolute atomic E-state index is 0.246. The number of carbonyl (C=O) groups excluding carboxylic acids is 3. The van der Waals surface area contributed by atoms with E-state index in [2.05, 4.69) is 0 Å². The van der Waals surface area contributed by atoms with Crippen LogP contribution in [0.4, 0.5) is 0 Å². The molecule has 1 aliphatic rings. The molecule has 1 N–H and O–H groups in total. The molecule has 1 aliphatic heterocycles. The molecular formula is C16H13Cl4NO6. The van der Waals surface area contributed by atoms with Crippen molar-refractivity contribution in [3.8, 4) is 0 Å². The molecule has 0 aromatic heterocycles. The highest BCUT2D eigenvalue weighted by atomic mass is 35.5. The molecule has 0 saturated heterocycles. The van der Waals surface area contributed by atoms with Gasteiger partial charge in [-0.15, -0.1) is 0 Å². The van der Waals surface area contributed by atoms with Gasteiger partial charge in [0.1, 0.15) is 11.6 Å². The first kappa shape index (κ1) is 21.8. The zero-order chi connectivity index (χ0) is 20.8. The normalized spacial score (nSPS) is 15.0. The molecular weight excluding hydrogens is 444 g/mol. The Morgan fingerprint density at radius 2 is 1.37 bits per heavy atom. The van der Waals surface area contributed by atoms with Gasteiger partial charge in [0, 0.05) is 0 Å². The van der Waals surface area contributed by atoms with Crippen LogP contribution in [-0.2, 0) is 14.3 Å². The first-order valence-corrected chi connectivity index (χ1v) is 8.97. The number of carbonyl (C=O) groups is 4. The summed E-state index contributed by atoms with van der Waals surface area (Å²) in [5, 5.41) is 8.32. The van der Waals surface area contributed by atoms with Crippen LogP contribution in [0.15, 0.2) is 0 Å². The smallest absolute Gasteiger partial charge is 0.327 e. The molecule has 0 aliphatic carbocycles. The summed E-state index contributed by atoms with van der Waals surface area (Å²) in [5.41, 5.74) is -1.61. The molecule has 0 spiro atoms. The van der Waals surface area contributed by atoms with Gasteiger partial charge in [-0.3, -0.25) is 19.3 Å². The largest absolute Gasteiger partial charge is 0.480 e. The maximum atomic E-state index is 12.7. The second-order valence-electron chi connectivity index (χ2n) is 6.63. The summed E-state index contributed by atoms with van der Waals surface area (Å²) in [7, 11) is 0. The zero-order valence-electron chi connectivity index (χ0n) is 14.2. The van der Waals surface area contributed by atoms with Crippen molar-refractivity contribution in [2.24, 2.45) is 0 Å². The average Bonchev–Trinajstić information content (AvgIpc) is 2.78. The summed E-state index contributed by atoms with van der Waals surface area (Å²) in [6, 6.07) is -1.82. The lowest BCUT2D eigenvalue weighted by Gasteiger charge is -2.24. The summed E-state index contributed by atoms with van der Waals surface area (Å²) < 4.78 is 5.07. The Morgan fingerprint density at radius 1 is 0.963 bits per heavy atom. The van der Waals surface area contributed by atoms with E-state index in [0.717, 1.165) is 0 Å². The van der Waals surface area contributed by atoms with Crippen LogP contribution >= 0.6 is 46.4 Å². The number of nitrogens with zero attached hydrogens (tertiary/aromatic N) is 1. The van der Waals surface area contributed by atoms with Crippen molar-refractivity contribution in [3.05, 3.63) is 31.2 Å². The van der Waals surface area contributed by atoms with Gasteiger partial charge in [-0.2, -0.15) is 0 Å². The van der Waals surface area contributed by atoms with Crippen molar-refractivity contribution in [1.29, 1.82) is 0 Å². The fraction of sp³-hybridized carbons (Fsp3) is 0.375. The quantitative estimate of drug-likeness (QED) is 0.317. The number of imide groups is 1. The number of rotatable bonds is 4. The third-order valence-corrected chi connectivity index (χ3v) is 5.31. The van der Waals surface area contributed by atoms with Crippen LogP contribution in [0.3, 0.4) is 0 Å². The van der Waals surface area contributed by atoms with Crippen LogP contribution in [0, 0.1) is 0 Å². The highest BCUT2D eigenvalue weighted by Gasteiger charge is 2.47. The van der Waals surface area contributed by atoms with Gasteiger partial charge >= 0.3 is 11.9 Å². The first-order chi connectivity index (χ1) is 12.3. The number of hydrogen-bond donors (Lipinski definition) is 1. The van der Waals surface area contributed by atoms with Crippen molar-refractivity contribution in [3.63, 3.8) is 0 Å². The van der Waals surface area contributed by atoms with E-state index in [1.165, 1.54) is 0 Å². The van der Waals surface area contributed by atoms with Gasteiger partial charge in [0.2, 0.25) is 0 Å². The molecule has 7 nitrogen and oxygen atoms in total. The Morgan fingerprint density at radius 3 is 1.70 bits per heavy atom. The number of fused-ring (bicyclic) bond motifs is 1. The lowest BCUT2D eigenvalue weighted by molar-refractivity contribution is -0.159. The molecule has 0 saturated carbocycles. The first-order valence-electron chi connectivity index (χ1n) is 7.46. The fourth-order valence-corrected chi connectivity index (χ4v) is 3.49. The number of ether oxygens (including phenoxy) is 1. The Balaban J connectivity index is 2.48. The number of hydrogen-bond acceptors (Lipinski definition) is 5. The van der Waals surface area contributed by atoms with Gasteiger partial charge in [-0.05, 0) is 20.8 Å². The predicted molar refractivity (Wildman–Crippen MR) is 98.9 cm³/mol. The van der Waals surface area contributed by atoms with Gasteiger partial charge in [-0.25, -0.2) is 4.79 Å². The van der Waals surface area contributed by atoms with E-state index < -0.39 is 41.8 Å². The molecule has 27 heavy (non-hydrogen) atoms. The molecule has 0 fully saturated rings. The Hall–Kier alpha value is -1.54. The van der Waals surface area contributed by atoms with Crippen LogP contribution in [0.1, 0.15) is 47.9 Å². The van der Waals surface area contributed by atoms with Crippen LogP contribution < -0.4 is 0 Å². The minimum atomic E-state index is -1.82. The summed E-state index contributed by atoms with van der Waals surface area (Å²) >= 11 is 23.8. The van der Waals surface area contributed by atoms with E-state index in [0.29, 0.717) is 4.90 Å². The van der Waals surface area contributed by atoms with Gasteiger partial charge in [-0.1, -0.05) is 46.4 Å². The lowest BCUT2D eigenvalue weighted by atomic mass is 10.1. The average molecular weight is 457 g/mol. The molecule has 2 rings (SSSR count). The van der Waals surface area contributed by atoms with Crippen molar-refractivity contribution in [2.45, 2.75) is 38.8 Å². The lowest BCUT2D eigenvalue weighted by Crippen LogP contribution is -2.46. The van der Waals surface area contributed by atoms with Crippen LogP contribution in [0.25, 0.3) is 0 Å². The van der Waals surface area contributed by atoms with Crippen LogP contribution in [0.2, 0.25) is 20.1 Å². The van der Waals surface area contributed by atoms with Crippen molar-refractivity contribution in [2.75, 3.05) is 0 Å². The second-order valence-corrected chi connectivity index (χ2v) is 8.14. The predicted octanol–water partition coefficient (Wildman–Crippen LogP) is 4.08. The number of carboxylic acid groups (broad SMARTS) is 1. The minimum Gasteiger partial charge on any atom is -0.480 e. The number of halogens is 4. The molecule has 11 heteroatoms. The molecule has 0 bridgehead atoms. The van der Waals surface area contributed by atoms with Crippen molar-refractivity contribution in [1.82, 2.24) is 4.90 Å². The van der Waals surface area contributed by atoms with Gasteiger partial charge < -0.3 is 9.84 Å². The summed E-state index contributed by atoms with van der Waals surface area (Å²) in [5.74, 6) is -4.58. The maximum Gasteiger partial charge on any atom is 0.327 e. The Bertz CT molecular complexity index is 830. The molecule has 1 heterocycles. The highest BCUT2D eigenvalue weighted by molar-refractivity contribution is 6.55. The number of amides is 2. The van der Waals surface area contributed by atoms with Gasteiger partial charge in [0.25, 0.3) is 11.8 Å². The van der Waals surface area contributed by atoms with E-state index in [9.17, 15) is 24.3 Å². The number of esters is 1. The molecule has 2 amide bonds. The van der Waals surface area contributed by atoms with Crippen LogP contribution in [-0.4, -0.2) is 45.4 Å².